The average Bonchev–Trinajstić information content (AvgIpc) is 2.56. The molecule has 0 bridgehead atoms. The predicted octanol–water partition coefficient (Wildman–Crippen LogP) is 0.268. The van der Waals surface area contributed by atoms with E-state index in [9.17, 15) is 23.1 Å². The van der Waals surface area contributed by atoms with Gasteiger partial charge in [-0.05, 0) is 6.42 Å². The topological polar surface area (TPSA) is 90.4 Å². The number of rotatable bonds is 2. The Bertz CT molecular complexity index is 549. The molecule has 6 nitrogen and oxygen atoms in total. The largest absolute Gasteiger partial charge is 0.384 e. The normalized spacial score (nSPS) is 29.6. The van der Waals surface area contributed by atoms with Gasteiger partial charge in [0.05, 0.1) is 12.3 Å². The van der Waals surface area contributed by atoms with Gasteiger partial charge >= 0.3 is 11.6 Å². The molecule has 0 spiro atoms. The van der Waals surface area contributed by atoms with Crippen LogP contribution < -0.4 is 11.4 Å². The Morgan fingerprint density at radius 3 is 2.79 bits per heavy atom. The van der Waals surface area contributed by atoms with Crippen molar-refractivity contribution in [2.24, 2.45) is 0 Å². The smallest absolute Gasteiger partial charge is 0.352 e. The van der Waals surface area contributed by atoms with Crippen molar-refractivity contribution in [1.82, 2.24) is 9.55 Å². The second-order valence-corrected chi connectivity index (χ2v) is 4.22. The number of nitrogen functional groups attached to an aromatic ring is 1. The summed E-state index contributed by atoms with van der Waals surface area (Å²) in [7, 11) is 0. The summed E-state index contributed by atoms with van der Waals surface area (Å²) in [6.45, 7) is 1.54. The van der Waals surface area contributed by atoms with Gasteiger partial charge in [0, 0.05) is 0 Å². The fourth-order valence-corrected chi connectivity index (χ4v) is 1.92. The summed E-state index contributed by atoms with van der Waals surface area (Å²) < 4.78 is 46.1. The van der Waals surface area contributed by atoms with Crippen molar-refractivity contribution in [2.75, 3.05) is 5.73 Å². The van der Waals surface area contributed by atoms with Crippen LogP contribution >= 0.6 is 0 Å². The van der Waals surface area contributed by atoms with E-state index in [1.165, 1.54) is 6.92 Å². The molecule has 1 aliphatic rings. The first-order valence-corrected chi connectivity index (χ1v) is 5.54. The molecule has 1 saturated heterocycles. The maximum absolute atomic E-state index is 13.8. The molecule has 2 heterocycles. The van der Waals surface area contributed by atoms with Crippen molar-refractivity contribution in [3.05, 3.63) is 22.5 Å². The Morgan fingerprint density at radius 2 is 2.26 bits per heavy atom. The third kappa shape index (κ3) is 2.08. The number of aromatic nitrogens is 2. The summed E-state index contributed by atoms with van der Waals surface area (Å²) in [6.07, 6.45) is -4.72. The SMILES string of the molecule is CC[C@H]1O[C@@H](n2cc(F)c(N)nc2=O)C(F)(F)[C@@H]1O. The van der Waals surface area contributed by atoms with Crippen LogP contribution in [0.1, 0.15) is 19.6 Å². The Hall–Kier alpha value is -1.61. The molecule has 0 aromatic carbocycles. The average molecular weight is 279 g/mol. The van der Waals surface area contributed by atoms with E-state index in [0.717, 1.165) is 0 Å². The first-order valence-electron chi connectivity index (χ1n) is 5.54. The summed E-state index contributed by atoms with van der Waals surface area (Å²) in [4.78, 5) is 14.6. The zero-order valence-corrected chi connectivity index (χ0v) is 9.89. The molecule has 0 aliphatic carbocycles. The van der Waals surface area contributed by atoms with Crippen LogP contribution in [0.15, 0.2) is 11.0 Å². The number of nitrogens with zero attached hydrogens (tertiary/aromatic N) is 2. The van der Waals surface area contributed by atoms with E-state index in [0.29, 0.717) is 10.8 Å². The van der Waals surface area contributed by atoms with Crippen molar-refractivity contribution in [3.63, 3.8) is 0 Å². The van der Waals surface area contributed by atoms with E-state index in [4.69, 9.17) is 10.5 Å². The molecule has 1 aromatic heterocycles. The van der Waals surface area contributed by atoms with Crippen LogP contribution in [0.3, 0.4) is 0 Å². The predicted molar refractivity (Wildman–Crippen MR) is 58.0 cm³/mol. The first kappa shape index (κ1) is 13.8. The molecular weight excluding hydrogens is 267 g/mol. The molecule has 0 unspecified atom stereocenters. The van der Waals surface area contributed by atoms with Gasteiger partial charge in [0.15, 0.2) is 11.6 Å². The van der Waals surface area contributed by atoms with Gasteiger partial charge in [-0.2, -0.15) is 13.8 Å². The van der Waals surface area contributed by atoms with Crippen molar-refractivity contribution in [2.45, 2.75) is 37.7 Å². The minimum Gasteiger partial charge on any atom is -0.384 e. The monoisotopic (exact) mass is 279 g/mol. The minimum absolute atomic E-state index is 0.118. The maximum atomic E-state index is 13.8. The summed E-state index contributed by atoms with van der Waals surface area (Å²) in [6, 6.07) is 0. The fourth-order valence-electron chi connectivity index (χ4n) is 1.92. The lowest BCUT2D eigenvalue weighted by atomic mass is 10.1. The molecule has 1 fully saturated rings. The maximum Gasteiger partial charge on any atom is 0.352 e. The molecule has 2 rings (SSSR count). The lowest BCUT2D eigenvalue weighted by Crippen LogP contribution is -2.41. The highest BCUT2D eigenvalue weighted by Gasteiger charge is 2.59. The molecule has 19 heavy (non-hydrogen) atoms. The highest BCUT2D eigenvalue weighted by Crippen LogP contribution is 2.43. The molecular formula is C10H12F3N3O3. The van der Waals surface area contributed by atoms with Crippen LogP contribution in [0, 0.1) is 5.82 Å². The molecule has 3 N–H and O–H groups in total. The standard InChI is InChI=1S/C10H12F3N3O3/c1-2-5-6(17)10(12,13)8(19-5)16-3-4(11)7(14)15-9(16)18/h3,5-6,8,17H,2H2,1H3,(H2,14,15,18)/t5-,6-,8-/m1/s1. The Kier molecular flexibility index (Phi) is 3.27. The van der Waals surface area contributed by atoms with Gasteiger partial charge in [-0.25, -0.2) is 9.18 Å². The second-order valence-electron chi connectivity index (χ2n) is 4.22. The molecule has 0 radical (unpaired) electrons. The lowest BCUT2D eigenvalue weighted by Gasteiger charge is -2.21. The third-order valence-corrected chi connectivity index (χ3v) is 2.97. The zero-order chi connectivity index (χ0) is 14.4. The Balaban J connectivity index is 2.48. The molecule has 1 aliphatic heterocycles. The first-order chi connectivity index (χ1) is 8.78. The summed E-state index contributed by atoms with van der Waals surface area (Å²) in [5, 5.41) is 9.43. The molecule has 3 atom stereocenters. The van der Waals surface area contributed by atoms with Gasteiger partial charge in [0.2, 0.25) is 6.23 Å². The summed E-state index contributed by atoms with van der Waals surface area (Å²) in [5.41, 5.74) is 3.89. The fraction of sp³-hybridized carbons (Fsp3) is 0.600. The number of aliphatic hydroxyl groups is 1. The third-order valence-electron chi connectivity index (χ3n) is 2.97. The van der Waals surface area contributed by atoms with Crippen LogP contribution in [0.4, 0.5) is 19.0 Å². The number of hydrogen-bond acceptors (Lipinski definition) is 5. The summed E-state index contributed by atoms with van der Waals surface area (Å²) >= 11 is 0. The van der Waals surface area contributed by atoms with Gasteiger partial charge in [0.1, 0.15) is 6.10 Å². The van der Waals surface area contributed by atoms with Crippen LogP contribution in [-0.2, 0) is 4.74 Å². The lowest BCUT2D eigenvalue weighted by molar-refractivity contribution is -0.141. The number of ether oxygens (including phenoxy) is 1. The highest BCUT2D eigenvalue weighted by atomic mass is 19.3. The van der Waals surface area contributed by atoms with Crippen LogP contribution in [-0.4, -0.2) is 32.8 Å². The van der Waals surface area contributed by atoms with Crippen LogP contribution in [0.25, 0.3) is 0 Å². The van der Waals surface area contributed by atoms with Gasteiger partial charge in [-0.15, -0.1) is 0 Å². The van der Waals surface area contributed by atoms with E-state index < -0.39 is 41.7 Å². The van der Waals surface area contributed by atoms with Crippen LogP contribution in [0.5, 0.6) is 0 Å². The Labute approximate surface area is 105 Å². The number of aliphatic hydroxyl groups excluding tert-OH is 1. The van der Waals surface area contributed by atoms with E-state index in [2.05, 4.69) is 4.98 Å². The van der Waals surface area contributed by atoms with E-state index >= 15 is 0 Å². The van der Waals surface area contributed by atoms with E-state index in [-0.39, 0.29) is 6.42 Å². The molecule has 0 amide bonds. The van der Waals surface area contributed by atoms with Crippen molar-refractivity contribution >= 4 is 5.82 Å². The molecule has 0 saturated carbocycles. The number of anilines is 1. The number of hydrogen-bond donors (Lipinski definition) is 2. The van der Waals surface area contributed by atoms with Crippen molar-refractivity contribution < 1.29 is 23.0 Å². The minimum atomic E-state index is -3.73. The van der Waals surface area contributed by atoms with Crippen LogP contribution in [0.2, 0.25) is 0 Å². The van der Waals surface area contributed by atoms with Gasteiger partial charge in [-0.3, -0.25) is 4.57 Å². The molecule has 1 aromatic rings. The van der Waals surface area contributed by atoms with Crippen molar-refractivity contribution in [3.8, 4) is 0 Å². The quantitative estimate of drug-likeness (QED) is 0.811. The molecule has 9 heteroatoms. The Morgan fingerprint density at radius 1 is 1.63 bits per heavy atom. The van der Waals surface area contributed by atoms with Crippen molar-refractivity contribution in [1.29, 1.82) is 0 Å². The zero-order valence-electron chi connectivity index (χ0n) is 9.89. The number of halogens is 3. The second kappa shape index (κ2) is 4.49. The molecule has 106 valence electrons. The van der Waals surface area contributed by atoms with Gasteiger partial charge in [-0.1, -0.05) is 6.92 Å². The van der Waals surface area contributed by atoms with Gasteiger partial charge < -0.3 is 15.6 Å². The van der Waals surface area contributed by atoms with E-state index in [1.807, 2.05) is 0 Å². The highest BCUT2D eigenvalue weighted by molar-refractivity contribution is 5.26. The van der Waals surface area contributed by atoms with E-state index in [1.54, 1.807) is 0 Å². The summed E-state index contributed by atoms with van der Waals surface area (Å²) in [5.74, 6) is -5.53. The van der Waals surface area contributed by atoms with Gasteiger partial charge in [0.25, 0.3) is 0 Å². The number of alkyl halides is 2. The number of nitrogens with two attached hydrogens (primary N) is 1.